The fourth-order valence-corrected chi connectivity index (χ4v) is 3.35. The molecule has 5 heteroatoms. The Morgan fingerprint density at radius 2 is 2.10 bits per heavy atom. The summed E-state index contributed by atoms with van der Waals surface area (Å²) >= 11 is 3.65. The number of carbonyl (C=O) groups is 1. The molecule has 1 amide bonds. The number of anilines is 2. The highest BCUT2D eigenvalue weighted by Gasteiger charge is 2.30. The van der Waals surface area contributed by atoms with E-state index in [-0.39, 0.29) is 11.9 Å². The summed E-state index contributed by atoms with van der Waals surface area (Å²) in [5, 5.41) is 6.19. The van der Waals surface area contributed by atoms with Crippen LogP contribution < -0.4 is 15.5 Å². The Morgan fingerprint density at radius 1 is 1.33 bits per heavy atom. The largest absolute Gasteiger partial charge is 0.374 e. The zero-order valence-electron chi connectivity index (χ0n) is 13.0. The van der Waals surface area contributed by atoms with E-state index in [0.29, 0.717) is 0 Å². The summed E-state index contributed by atoms with van der Waals surface area (Å²) in [5.41, 5.74) is 3.08. The first-order chi connectivity index (χ1) is 10.1. The number of halogens is 1. The van der Waals surface area contributed by atoms with Crippen molar-refractivity contribution in [2.24, 2.45) is 0 Å². The highest BCUT2D eigenvalue weighted by atomic mass is 79.9. The fraction of sp³-hybridized carbons (Fsp3) is 0.562. The number of rotatable bonds is 7. The maximum Gasteiger partial charge on any atom is 0.246 e. The summed E-state index contributed by atoms with van der Waals surface area (Å²) in [6.45, 7) is 6.02. The third-order valence-electron chi connectivity index (χ3n) is 3.87. The van der Waals surface area contributed by atoms with Gasteiger partial charge in [-0.2, -0.15) is 0 Å². The van der Waals surface area contributed by atoms with Gasteiger partial charge in [0.25, 0.3) is 0 Å². The molecule has 1 aromatic carbocycles. The predicted molar refractivity (Wildman–Crippen MR) is 92.0 cm³/mol. The van der Waals surface area contributed by atoms with Gasteiger partial charge in [-0.05, 0) is 41.0 Å². The molecule has 1 aliphatic heterocycles. The van der Waals surface area contributed by atoms with Crippen molar-refractivity contribution >= 4 is 33.2 Å². The Hall–Kier alpha value is -1.07. The monoisotopic (exact) mass is 353 g/mol. The van der Waals surface area contributed by atoms with Crippen molar-refractivity contribution in [3.8, 4) is 0 Å². The van der Waals surface area contributed by atoms with Crippen LogP contribution in [0.5, 0.6) is 0 Å². The number of carbonyl (C=O) groups excluding carboxylic acids is 1. The summed E-state index contributed by atoms with van der Waals surface area (Å²) in [4.78, 5) is 14.3. The lowest BCUT2D eigenvalue weighted by Crippen LogP contribution is -2.27. The number of nitrogens with one attached hydrogen (secondary N) is 2. The molecule has 0 saturated heterocycles. The van der Waals surface area contributed by atoms with Crippen molar-refractivity contribution in [3.05, 3.63) is 22.2 Å². The molecule has 1 aromatic rings. The maximum absolute atomic E-state index is 12.0. The van der Waals surface area contributed by atoms with Crippen molar-refractivity contribution in [3.63, 3.8) is 0 Å². The van der Waals surface area contributed by atoms with Crippen LogP contribution in [0.4, 0.5) is 11.4 Å². The molecule has 21 heavy (non-hydrogen) atoms. The average Bonchev–Trinajstić information content (AvgIpc) is 2.74. The number of likely N-dealkylation sites (N-methyl/N-ethyl adjacent to an activating group) is 1. The lowest BCUT2D eigenvalue weighted by molar-refractivity contribution is -0.117. The summed E-state index contributed by atoms with van der Waals surface area (Å²) in [6, 6.07) is 3.90. The second kappa shape index (κ2) is 7.27. The minimum atomic E-state index is -0.235. The van der Waals surface area contributed by atoms with Crippen molar-refractivity contribution < 1.29 is 4.79 Å². The van der Waals surface area contributed by atoms with Crippen LogP contribution in [0.15, 0.2) is 16.6 Å². The molecule has 4 nitrogen and oxygen atoms in total. The molecule has 0 bridgehead atoms. The molecule has 0 radical (unpaired) electrons. The van der Waals surface area contributed by atoms with Crippen LogP contribution in [0.3, 0.4) is 0 Å². The van der Waals surface area contributed by atoms with E-state index in [9.17, 15) is 4.79 Å². The zero-order chi connectivity index (χ0) is 15.4. The molecule has 1 unspecified atom stereocenters. The molecule has 1 heterocycles. The van der Waals surface area contributed by atoms with E-state index in [0.717, 1.165) is 34.5 Å². The third-order valence-corrected chi connectivity index (χ3v) is 4.50. The molecule has 0 fully saturated rings. The Morgan fingerprint density at radius 3 is 2.76 bits per heavy atom. The maximum atomic E-state index is 12.0. The van der Waals surface area contributed by atoms with Gasteiger partial charge in [-0.25, -0.2) is 0 Å². The summed E-state index contributed by atoms with van der Waals surface area (Å²) in [5.74, 6) is 0.0320. The van der Waals surface area contributed by atoms with Crippen LogP contribution in [0, 0.1) is 0 Å². The predicted octanol–water partition coefficient (Wildman–Crippen LogP) is 3.68. The summed E-state index contributed by atoms with van der Waals surface area (Å²) in [7, 11) is 2.10. The van der Waals surface area contributed by atoms with Gasteiger partial charge in [-0.3, -0.25) is 4.79 Å². The van der Waals surface area contributed by atoms with Crippen LogP contribution in [0.2, 0.25) is 0 Å². The number of amides is 1. The second-order valence-corrected chi connectivity index (χ2v) is 6.35. The van der Waals surface area contributed by atoms with Gasteiger partial charge in [0.1, 0.15) is 6.04 Å². The molecule has 116 valence electrons. The van der Waals surface area contributed by atoms with Gasteiger partial charge in [-0.15, -0.1) is 0 Å². The first kappa shape index (κ1) is 16.3. The Labute approximate surface area is 135 Å². The molecule has 1 aliphatic rings. The highest BCUT2D eigenvalue weighted by Crippen LogP contribution is 2.38. The van der Waals surface area contributed by atoms with Crippen LogP contribution >= 0.6 is 15.9 Å². The Bertz CT molecular complexity index is 518. The standard InChI is InChI=1S/C16H24BrN3O/c1-4-6-7-8-20(3)14-10-13-11(9-12(14)17)15(18-5-2)16(21)19-13/h9-10,15,18H,4-8H2,1-3H3,(H,19,21). The number of benzene rings is 1. The SMILES string of the molecule is CCCCCN(C)c1cc2c(cc1Br)C(NCC)C(=O)N2. The quantitative estimate of drug-likeness (QED) is 0.735. The van der Waals surface area contributed by atoms with Crippen molar-refractivity contribution in [1.82, 2.24) is 5.32 Å². The molecular formula is C16H24BrN3O. The second-order valence-electron chi connectivity index (χ2n) is 5.50. The van der Waals surface area contributed by atoms with E-state index in [2.05, 4.69) is 57.6 Å². The molecule has 0 saturated carbocycles. The lowest BCUT2D eigenvalue weighted by atomic mass is 10.1. The minimum Gasteiger partial charge on any atom is -0.374 e. The first-order valence-electron chi connectivity index (χ1n) is 7.67. The van der Waals surface area contributed by atoms with Crippen LogP contribution in [-0.4, -0.2) is 26.0 Å². The van der Waals surface area contributed by atoms with Crippen molar-refractivity contribution in [2.75, 3.05) is 30.4 Å². The average molecular weight is 354 g/mol. The van der Waals surface area contributed by atoms with Gasteiger partial charge < -0.3 is 15.5 Å². The van der Waals surface area contributed by atoms with Gasteiger partial charge in [-0.1, -0.05) is 26.7 Å². The normalized spacial score (nSPS) is 16.8. The number of unbranched alkanes of at least 4 members (excludes halogenated alkanes) is 2. The Balaban J connectivity index is 2.20. The van der Waals surface area contributed by atoms with Crippen molar-refractivity contribution in [1.29, 1.82) is 0 Å². The van der Waals surface area contributed by atoms with E-state index >= 15 is 0 Å². The topological polar surface area (TPSA) is 44.4 Å². The van der Waals surface area contributed by atoms with E-state index in [1.165, 1.54) is 19.3 Å². The molecule has 0 aromatic heterocycles. The summed E-state index contributed by atoms with van der Waals surface area (Å²) in [6.07, 6.45) is 3.65. The van der Waals surface area contributed by atoms with Gasteiger partial charge in [0.2, 0.25) is 5.91 Å². The van der Waals surface area contributed by atoms with Crippen LogP contribution in [0.25, 0.3) is 0 Å². The number of hydrogen-bond acceptors (Lipinski definition) is 3. The van der Waals surface area contributed by atoms with E-state index in [1.54, 1.807) is 0 Å². The van der Waals surface area contributed by atoms with E-state index in [1.807, 2.05) is 6.92 Å². The highest BCUT2D eigenvalue weighted by molar-refractivity contribution is 9.10. The van der Waals surface area contributed by atoms with Gasteiger partial charge in [0.05, 0.1) is 5.69 Å². The van der Waals surface area contributed by atoms with Crippen molar-refractivity contribution in [2.45, 2.75) is 39.2 Å². The number of fused-ring (bicyclic) bond motifs is 1. The molecule has 2 rings (SSSR count). The molecule has 0 aliphatic carbocycles. The smallest absolute Gasteiger partial charge is 0.246 e. The lowest BCUT2D eigenvalue weighted by Gasteiger charge is -2.22. The Kier molecular flexibility index (Phi) is 5.65. The van der Waals surface area contributed by atoms with Crippen LogP contribution in [-0.2, 0) is 4.79 Å². The number of hydrogen-bond donors (Lipinski definition) is 2. The third kappa shape index (κ3) is 3.58. The summed E-state index contributed by atoms with van der Waals surface area (Å²) < 4.78 is 1.04. The van der Waals surface area contributed by atoms with Crippen LogP contribution in [0.1, 0.15) is 44.7 Å². The van der Waals surface area contributed by atoms with Gasteiger partial charge in [0, 0.05) is 29.3 Å². The fourth-order valence-electron chi connectivity index (χ4n) is 2.69. The number of nitrogens with zero attached hydrogens (tertiary/aromatic N) is 1. The molecular weight excluding hydrogens is 330 g/mol. The van der Waals surface area contributed by atoms with Gasteiger partial charge in [0.15, 0.2) is 0 Å². The zero-order valence-corrected chi connectivity index (χ0v) is 14.6. The molecule has 2 N–H and O–H groups in total. The van der Waals surface area contributed by atoms with E-state index in [4.69, 9.17) is 0 Å². The minimum absolute atomic E-state index is 0.0320. The van der Waals surface area contributed by atoms with E-state index < -0.39 is 0 Å². The molecule has 0 spiro atoms. The first-order valence-corrected chi connectivity index (χ1v) is 8.46. The van der Waals surface area contributed by atoms with Gasteiger partial charge >= 0.3 is 0 Å². The molecule has 1 atom stereocenters.